The summed E-state index contributed by atoms with van der Waals surface area (Å²) in [6, 6.07) is 14.6. The molecule has 0 bridgehead atoms. The summed E-state index contributed by atoms with van der Waals surface area (Å²) >= 11 is 0. The second-order valence-corrected chi connectivity index (χ2v) is 12.3. The van der Waals surface area contributed by atoms with Gasteiger partial charge in [-0.2, -0.15) is 0 Å². The lowest BCUT2D eigenvalue weighted by atomic mass is 9.99. The highest BCUT2D eigenvalue weighted by Crippen LogP contribution is 2.47. The number of anilines is 1. The number of aromatic nitrogens is 2. The Labute approximate surface area is 248 Å². The third-order valence-corrected chi connectivity index (χ3v) is 8.93. The second kappa shape index (κ2) is 15.4. The molecular weight excluding hydrogens is 553 g/mol. The van der Waals surface area contributed by atoms with E-state index in [0.717, 1.165) is 51.5 Å². The van der Waals surface area contributed by atoms with Crippen molar-refractivity contribution in [1.29, 1.82) is 0 Å². The van der Waals surface area contributed by atoms with Crippen LogP contribution < -0.4 is 10.5 Å². The number of benzene rings is 2. The van der Waals surface area contributed by atoms with Gasteiger partial charge in [0.2, 0.25) is 0 Å². The number of ether oxygens (including phenoxy) is 3. The fourth-order valence-corrected chi connectivity index (χ4v) is 6.27. The molecule has 0 aliphatic rings. The van der Waals surface area contributed by atoms with Crippen molar-refractivity contribution in [1.82, 2.24) is 9.97 Å². The van der Waals surface area contributed by atoms with E-state index in [0.29, 0.717) is 52.1 Å². The number of rotatable bonds is 17. The van der Waals surface area contributed by atoms with Gasteiger partial charge in [0.05, 0.1) is 51.3 Å². The molecule has 4 aromatic rings. The molecule has 9 nitrogen and oxygen atoms in total. The third kappa shape index (κ3) is 8.72. The molecule has 0 atom stereocenters. The predicted molar refractivity (Wildman–Crippen MR) is 168 cm³/mol. The van der Waals surface area contributed by atoms with E-state index in [-0.39, 0.29) is 6.16 Å². The highest BCUT2D eigenvalue weighted by Gasteiger charge is 2.22. The number of aryl methyl sites for hydroxylation is 4. The van der Waals surface area contributed by atoms with Crippen molar-refractivity contribution in [3.05, 3.63) is 70.9 Å². The molecule has 2 N–H and O–H groups in total. The van der Waals surface area contributed by atoms with Crippen molar-refractivity contribution in [2.75, 3.05) is 58.1 Å². The molecule has 0 amide bonds. The summed E-state index contributed by atoms with van der Waals surface area (Å²) in [7, 11) is -3.06. The fraction of sp³-hybridized carbons (Fsp3) is 0.438. The average Bonchev–Trinajstić information content (AvgIpc) is 2.96. The van der Waals surface area contributed by atoms with Crippen molar-refractivity contribution in [3.63, 3.8) is 0 Å². The molecule has 2 aromatic carbocycles. The van der Waals surface area contributed by atoms with Crippen LogP contribution in [0.4, 0.5) is 5.82 Å². The normalized spacial score (nSPS) is 11.9. The standard InChI is InChI=1S/C32H42N3O6P/c1-5-40-42(36,41-6-2)18-17-38-14-13-37-15-16-39-27-11-10-26(24(4)20-27)9-8-25-21-29-28-12-7-23(3)19-30(28)35-32(33)31(29)34-22-25/h7,10-12,19-22H,5-6,8-9,13-18H2,1-4H3,(H2,33,35). The molecular formula is C32H42N3O6P. The molecule has 4 rings (SSSR count). The van der Waals surface area contributed by atoms with Crippen LogP contribution >= 0.6 is 7.60 Å². The van der Waals surface area contributed by atoms with Gasteiger partial charge in [0.1, 0.15) is 17.9 Å². The highest BCUT2D eigenvalue weighted by atomic mass is 31.2. The van der Waals surface area contributed by atoms with Gasteiger partial charge in [0.15, 0.2) is 5.82 Å². The lowest BCUT2D eigenvalue weighted by Gasteiger charge is -2.16. The van der Waals surface area contributed by atoms with Crippen LogP contribution in [-0.2, 0) is 35.9 Å². The van der Waals surface area contributed by atoms with Crippen LogP contribution in [0.1, 0.15) is 36.1 Å². The summed E-state index contributed by atoms with van der Waals surface area (Å²) in [5.41, 5.74) is 12.6. The second-order valence-electron chi connectivity index (χ2n) is 10.1. The van der Waals surface area contributed by atoms with E-state index in [2.05, 4.69) is 60.2 Å². The zero-order chi connectivity index (χ0) is 30.0. The van der Waals surface area contributed by atoms with Crippen LogP contribution in [0.15, 0.2) is 48.7 Å². The van der Waals surface area contributed by atoms with Gasteiger partial charge in [-0.05, 0) is 87.1 Å². The molecule has 10 heteroatoms. The molecule has 0 saturated carbocycles. The first-order valence-corrected chi connectivity index (χ1v) is 16.2. The minimum Gasteiger partial charge on any atom is -0.491 e. The van der Waals surface area contributed by atoms with Crippen molar-refractivity contribution in [2.24, 2.45) is 0 Å². The van der Waals surface area contributed by atoms with Crippen LogP contribution in [0.5, 0.6) is 5.75 Å². The molecule has 42 heavy (non-hydrogen) atoms. The summed E-state index contributed by atoms with van der Waals surface area (Å²) in [6.07, 6.45) is 3.89. The van der Waals surface area contributed by atoms with Crippen LogP contribution in [0.2, 0.25) is 0 Å². The van der Waals surface area contributed by atoms with E-state index in [1.54, 1.807) is 13.8 Å². The SMILES string of the molecule is CCOP(=O)(CCOCCOCCOc1ccc(CCc2cnc3c(N)nc4cc(C)ccc4c3c2)c(C)c1)OCC. The molecule has 0 aliphatic carbocycles. The van der Waals surface area contributed by atoms with Gasteiger partial charge in [-0.25, -0.2) is 4.98 Å². The van der Waals surface area contributed by atoms with Gasteiger partial charge in [0, 0.05) is 17.0 Å². The summed E-state index contributed by atoms with van der Waals surface area (Å²) in [4.78, 5) is 9.19. The van der Waals surface area contributed by atoms with Gasteiger partial charge in [-0.15, -0.1) is 0 Å². The molecule has 0 unspecified atom stereocenters. The van der Waals surface area contributed by atoms with Crippen molar-refractivity contribution in [3.8, 4) is 5.75 Å². The lowest BCUT2D eigenvalue weighted by Crippen LogP contribution is -2.13. The number of nitrogens with zero attached hydrogens (tertiary/aromatic N) is 2. The topological polar surface area (TPSA) is 115 Å². The first-order valence-electron chi connectivity index (χ1n) is 14.5. The number of pyridine rings is 2. The third-order valence-electron chi connectivity index (χ3n) is 6.90. The predicted octanol–water partition coefficient (Wildman–Crippen LogP) is 6.45. The van der Waals surface area contributed by atoms with Gasteiger partial charge in [-0.3, -0.25) is 9.55 Å². The van der Waals surface area contributed by atoms with Gasteiger partial charge < -0.3 is 29.0 Å². The Hall–Kier alpha value is -3.07. The summed E-state index contributed by atoms with van der Waals surface area (Å²) in [6.45, 7) is 10.4. The maximum atomic E-state index is 12.4. The molecule has 226 valence electrons. The van der Waals surface area contributed by atoms with Gasteiger partial charge in [-0.1, -0.05) is 18.2 Å². The quantitative estimate of drug-likeness (QED) is 0.0836. The molecule has 2 aromatic heterocycles. The van der Waals surface area contributed by atoms with Crippen molar-refractivity contribution < 1.29 is 27.8 Å². The molecule has 0 spiro atoms. The van der Waals surface area contributed by atoms with E-state index < -0.39 is 7.60 Å². The Morgan fingerprint density at radius 3 is 2.31 bits per heavy atom. The van der Waals surface area contributed by atoms with Crippen molar-refractivity contribution in [2.45, 2.75) is 40.5 Å². The number of hydrogen-bond donors (Lipinski definition) is 1. The van der Waals surface area contributed by atoms with Crippen LogP contribution in [-0.4, -0.2) is 62.4 Å². The number of hydrogen-bond acceptors (Lipinski definition) is 9. The lowest BCUT2D eigenvalue weighted by molar-refractivity contribution is 0.0397. The summed E-state index contributed by atoms with van der Waals surface area (Å²) in [5.74, 6) is 1.28. The first-order chi connectivity index (χ1) is 20.3. The molecule has 0 saturated heterocycles. The van der Waals surface area contributed by atoms with Gasteiger partial charge in [0.25, 0.3) is 0 Å². The zero-order valence-electron chi connectivity index (χ0n) is 25.1. The number of fused-ring (bicyclic) bond motifs is 3. The Balaban J connectivity index is 1.20. The Morgan fingerprint density at radius 1 is 0.833 bits per heavy atom. The Morgan fingerprint density at radius 2 is 1.57 bits per heavy atom. The largest absolute Gasteiger partial charge is 0.491 e. The van der Waals surface area contributed by atoms with E-state index in [9.17, 15) is 4.57 Å². The average molecular weight is 596 g/mol. The minimum absolute atomic E-state index is 0.232. The van der Waals surface area contributed by atoms with Crippen LogP contribution in [0.25, 0.3) is 21.8 Å². The Kier molecular flexibility index (Phi) is 11.7. The summed E-state index contributed by atoms with van der Waals surface area (Å²) < 4.78 is 39.9. The van der Waals surface area contributed by atoms with E-state index >= 15 is 0 Å². The zero-order valence-corrected chi connectivity index (χ0v) is 26.0. The molecule has 0 aliphatic heterocycles. The van der Waals surface area contributed by atoms with Gasteiger partial charge >= 0.3 is 7.60 Å². The van der Waals surface area contributed by atoms with E-state index in [1.807, 2.05) is 12.3 Å². The maximum absolute atomic E-state index is 12.4. The summed E-state index contributed by atoms with van der Waals surface area (Å²) in [5, 5.41) is 2.11. The Bertz CT molecular complexity index is 1520. The smallest absolute Gasteiger partial charge is 0.332 e. The van der Waals surface area contributed by atoms with Crippen LogP contribution in [0, 0.1) is 13.8 Å². The highest BCUT2D eigenvalue weighted by molar-refractivity contribution is 7.53. The molecule has 0 radical (unpaired) electrons. The molecule has 0 fully saturated rings. The van der Waals surface area contributed by atoms with Crippen molar-refractivity contribution >= 4 is 35.2 Å². The maximum Gasteiger partial charge on any atom is 0.332 e. The minimum atomic E-state index is -3.06. The fourth-order valence-electron chi connectivity index (χ4n) is 4.79. The van der Waals surface area contributed by atoms with Crippen LogP contribution in [0.3, 0.4) is 0 Å². The van der Waals surface area contributed by atoms with E-state index in [1.165, 1.54) is 11.1 Å². The van der Waals surface area contributed by atoms with E-state index in [4.69, 9.17) is 29.0 Å². The monoisotopic (exact) mass is 595 g/mol. The molecule has 2 heterocycles. The first kappa shape index (κ1) is 31.9. The number of nitrogens with two attached hydrogens (primary N) is 1. The number of nitrogen functional groups attached to an aromatic ring is 1.